The van der Waals surface area contributed by atoms with Gasteiger partial charge in [0.15, 0.2) is 11.0 Å². The molecule has 7 nitrogen and oxygen atoms in total. The number of ether oxygens (including phenoxy) is 2. The van der Waals surface area contributed by atoms with Gasteiger partial charge in [-0.25, -0.2) is 0 Å². The second kappa shape index (κ2) is 12.2. The van der Waals surface area contributed by atoms with Gasteiger partial charge in [-0.1, -0.05) is 48.5 Å². The summed E-state index contributed by atoms with van der Waals surface area (Å²) in [5, 5.41) is 9.70. The topological polar surface area (TPSA) is 69.5 Å². The fraction of sp³-hybridized carbons (Fsp3) is 0.444. The molecule has 0 spiro atoms. The van der Waals surface area contributed by atoms with Gasteiger partial charge in [0, 0.05) is 25.3 Å². The summed E-state index contributed by atoms with van der Waals surface area (Å²) in [4.78, 5) is 15.1. The maximum absolute atomic E-state index is 13.2. The van der Waals surface area contributed by atoms with Crippen LogP contribution in [0.3, 0.4) is 0 Å². The zero-order valence-electron chi connectivity index (χ0n) is 20.8. The second-order valence-corrected chi connectivity index (χ2v) is 9.81. The van der Waals surface area contributed by atoms with Crippen molar-refractivity contribution >= 4 is 17.7 Å². The third-order valence-electron chi connectivity index (χ3n) is 6.14. The highest BCUT2D eigenvalue weighted by molar-refractivity contribution is 7.99. The number of amides is 1. The van der Waals surface area contributed by atoms with E-state index in [-0.39, 0.29) is 12.0 Å². The van der Waals surface area contributed by atoms with E-state index in [9.17, 15) is 4.79 Å². The average molecular weight is 495 g/mol. The van der Waals surface area contributed by atoms with Crippen molar-refractivity contribution in [3.8, 4) is 17.1 Å². The highest BCUT2D eigenvalue weighted by Crippen LogP contribution is 2.28. The molecule has 0 saturated carbocycles. The number of hydrogen-bond acceptors (Lipinski definition) is 6. The van der Waals surface area contributed by atoms with Crippen LogP contribution in [-0.2, 0) is 22.6 Å². The summed E-state index contributed by atoms with van der Waals surface area (Å²) in [6.07, 6.45) is 3.14. The van der Waals surface area contributed by atoms with Crippen molar-refractivity contribution in [2.24, 2.45) is 0 Å². The molecular weight excluding hydrogens is 460 g/mol. The zero-order valence-corrected chi connectivity index (χ0v) is 21.6. The number of rotatable bonds is 11. The van der Waals surface area contributed by atoms with Crippen LogP contribution in [0.5, 0.6) is 5.75 Å². The summed E-state index contributed by atoms with van der Waals surface area (Å²) in [5.74, 6) is 2.00. The number of thioether (sulfide) groups is 1. The molecule has 3 aromatic rings. The van der Waals surface area contributed by atoms with E-state index in [1.54, 1.807) is 7.11 Å². The minimum Gasteiger partial charge on any atom is -0.497 e. The number of nitrogens with zero attached hydrogens (tertiary/aromatic N) is 4. The molecule has 0 radical (unpaired) electrons. The second-order valence-electron chi connectivity index (χ2n) is 8.87. The molecule has 2 heterocycles. The van der Waals surface area contributed by atoms with Crippen LogP contribution >= 0.6 is 11.8 Å². The average Bonchev–Trinajstić information content (AvgIpc) is 3.54. The van der Waals surface area contributed by atoms with Crippen LogP contribution in [0, 0.1) is 6.92 Å². The standard InChI is InChI=1S/C27H34N4O3S/c1-4-15-30(17-21-9-7-20(2)8-10-21)25(32)19-35-27-29-28-26(22-11-13-23(33-3)14-12-22)31(27)18-24-6-5-16-34-24/h7-14,24H,4-6,15-19H2,1-3H3/t24-/m1/s1. The number of hydrogen-bond donors (Lipinski definition) is 0. The molecule has 1 saturated heterocycles. The van der Waals surface area contributed by atoms with Gasteiger partial charge in [0.2, 0.25) is 5.91 Å². The summed E-state index contributed by atoms with van der Waals surface area (Å²) in [7, 11) is 1.65. The van der Waals surface area contributed by atoms with Gasteiger partial charge in [0.25, 0.3) is 0 Å². The number of carbonyl (C=O) groups excluding carboxylic acids is 1. The van der Waals surface area contributed by atoms with Crippen LogP contribution in [0.15, 0.2) is 53.7 Å². The first kappa shape index (κ1) is 25.3. The van der Waals surface area contributed by atoms with Gasteiger partial charge in [0.1, 0.15) is 5.75 Å². The van der Waals surface area contributed by atoms with Gasteiger partial charge in [-0.15, -0.1) is 10.2 Å². The van der Waals surface area contributed by atoms with Crippen molar-refractivity contribution in [2.75, 3.05) is 26.0 Å². The van der Waals surface area contributed by atoms with E-state index in [0.717, 1.165) is 60.3 Å². The normalized spacial score (nSPS) is 15.3. The molecule has 1 atom stereocenters. The Bertz CT molecular complexity index is 1090. The lowest BCUT2D eigenvalue weighted by atomic mass is 10.1. The Hall–Kier alpha value is -2.84. The maximum Gasteiger partial charge on any atom is 0.233 e. The lowest BCUT2D eigenvalue weighted by molar-refractivity contribution is -0.129. The third kappa shape index (κ3) is 6.64. The van der Waals surface area contributed by atoms with E-state index in [1.807, 2.05) is 29.2 Å². The molecule has 1 aliphatic rings. The Labute approximate surface area is 211 Å². The van der Waals surface area contributed by atoms with E-state index in [4.69, 9.17) is 9.47 Å². The van der Waals surface area contributed by atoms with Gasteiger partial charge in [-0.05, 0) is 56.0 Å². The molecule has 8 heteroatoms. The lowest BCUT2D eigenvalue weighted by Gasteiger charge is -2.22. The van der Waals surface area contributed by atoms with Gasteiger partial charge in [0.05, 0.1) is 25.5 Å². The molecule has 0 aliphatic carbocycles. The number of benzene rings is 2. The Morgan fingerprint density at radius 3 is 2.60 bits per heavy atom. The highest BCUT2D eigenvalue weighted by atomic mass is 32.2. The molecular formula is C27H34N4O3S. The van der Waals surface area contributed by atoms with Crippen molar-refractivity contribution in [2.45, 2.75) is 57.5 Å². The van der Waals surface area contributed by atoms with E-state index in [1.165, 1.54) is 17.3 Å². The molecule has 2 aromatic carbocycles. The first-order valence-corrected chi connectivity index (χ1v) is 13.2. The lowest BCUT2D eigenvalue weighted by Crippen LogP contribution is -2.32. The molecule has 35 heavy (non-hydrogen) atoms. The predicted octanol–water partition coefficient (Wildman–Crippen LogP) is 4.97. The molecule has 1 fully saturated rings. The van der Waals surface area contributed by atoms with Crippen LogP contribution in [0.2, 0.25) is 0 Å². The SMILES string of the molecule is CCCN(Cc1ccc(C)cc1)C(=O)CSc1nnc(-c2ccc(OC)cc2)n1C[C@H]1CCCO1. The molecule has 1 aliphatic heterocycles. The fourth-order valence-corrected chi connectivity index (χ4v) is 5.05. The molecule has 0 N–H and O–H groups in total. The van der Waals surface area contributed by atoms with Crippen LogP contribution in [-0.4, -0.2) is 57.7 Å². The monoisotopic (exact) mass is 494 g/mol. The highest BCUT2D eigenvalue weighted by Gasteiger charge is 2.23. The van der Waals surface area contributed by atoms with Crippen molar-refractivity contribution in [3.63, 3.8) is 0 Å². The first-order valence-electron chi connectivity index (χ1n) is 12.2. The predicted molar refractivity (Wildman–Crippen MR) is 139 cm³/mol. The molecule has 0 bridgehead atoms. The van der Waals surface area contributed by atoms with Crippen LogP contribution in [0.4, 0.5) is 0 Å². The summed E-state index contributed by atoms with van der Waals surface area (Å²) in [6.45, 7) is 6.98. The van der Waals surface area contributed by atoms with Crippen LogP contribution < -0.4 is 4.74 Å². The van der Waals surface area contributed by atoms with E-state index in [0.29, 0.717) is 18.8 Å². The van der Waals surface area contributed by atoms with Crippen molar-refractivity contribution in [3.05, 3.63) is 59.7 Å². The molecule has 4 rings (SSSR count). The molecule has 1 aromatic heterocycles. The molecule has 186 valence electrons. The van der Waals surface area contributed by atoms with Crippen molar-refractivity contribution in [1.29, 1.82) is 0 Å². The Morgan fingerprint density at radius 2 is 1.94 bits per heavy atom. The van der Waals surface area contributed by atoms with Crippen LogP contribution in [0.25, 0.3) is 11.4 Å². The number of methoxy groups -OCH3 is 1. The fourth-order valence-electron chi connectivity index (χ4n) is 4.20. The largest absolute Gasteiger partial charge is 0.497 e. The minimum atomic E-state index is 0.107. The Kier molecular flexibility index (Phi) is 8.82. The molecule has 1 amide bonds. The third-order valence-corrected chi connectivity index (χ3v) is 7.09. The minimum absolute atomic E-state index is 0.107. The number of aromatic nitrogens is 3. The van der Waals surface area contributed by atoms with Gasteiger partial charge in [-0.2, -0.15) is 0 Å². The van der Waals surface area contributed by atoms with E-state index >= 15 is 0 Å². The van der Waals surface area contributed by atoms with E-state index in [2.05, 4.69) is 52.9 Å². The summed E-state index contributed by atoms with van der Waals surface area (Å²) in [5.41, 5.74) is 3.32. The van der Waals surface area contributed by atoms with Crippen molar-refractivity contribution < 1.29 is 14.3 Å². The summed E-state index contributed by atoms with van der Waals surface area (Å²) in [6, 6.07) is 16.2. The summed E-state index contributed by atoms with van der Waals surface area (Å²) < 4.78 is 13.3. The quantitative estimate of drug-likeness (QED) is 0.351. The zero-order chi connectivity index (χ0) is 24.6. The number of aryl methyl sites for hydroxylation is 1. The molecule has 0 unspecified atom stereocenters. The van der Waals surface area contributed by atoms with Crippen LogP contribution in [0.1, 0.15) is 37.3 Å². The van der Waals surface area contributed by atoms with Gasteiger partial charge < -0.3 is 14.4 Å². The van der Waals surface area contributed by atoms with Crippen molar-refractivity contribution in [1.82, 2.24) is 19.7 Å². The number of carbonyl (C=O) groups is 1. The first-order chi connectivity index (χ1) is 17.1. The Balaban J connectivity index is 1.49. The van der Waals surface area contributed by atoms with Gasteiger partial charge in [-0.3, -0.25) is 9.36 Å². The van der Waals surface area contributed by atoms with Gasteiger partial charge >= 0.3 is 0 Å². The smallest absolute Gasteiger partial charge is 0.233 e. The van der Waals surface area contributed by atoms with E-state index < -0.39 is 0 Å². The maximum atomic E-state index is 13.2. The summed E-state index contributed by atoms with van der Waals surface area (Å²) >= 11 is 1.45. The Morgan fingerprint density at radius 1 is 1.17 bits per heavy atom.